The second-order valence-electron chi connectivity index (χ2n) is 8.41. The van der Waals surface area contributed by atoms with Crippen LogP contribution in [0.25, 0.3) is 0 Å². The molecule has 35 heavy (non-hydrogen) atoms. The fourth-order valence-corrected chi connectivity index (χ4v) is 4.19. The first-order chi connectivity index (χ1) is 16.8. The lowest BCUT2D eigenvalue weighted by Gasteiger charge is -2.14. The fourth-order valence-electron chi connectivity index (χ4n) is 4.19. The third-order valence-electron chi connectivity index (χ3n) is 5.84. The van der Waals surface area contributed by atoms with E-state index in [-0.39, 0.29) is 29.0 Å². The first-order valence-corrected chi connectivity index (χ1v) is 11.1. The van der Waals surface area contributed by atoms with Gasteiger partial charge in [-0.1, -0.05) is 72.8 Å². The average Bonchev–Trinajstić information content (AvgIpc) is 2.84. The molecule has 0 heterocycles. The maximum Gasteiger partial charge on any atom is 0.339 e. The number of rotatable bonds is 8. The number of carbonyl (C=O) groups is 2. The largest absolute Gasteiger partial charge is 0.507 e. The fraction of sp³-hybridized carbons (Fsp3) is 0.103. The monoisotopic (exact) mass is 468 g/mol. The molecule has 4 rings (SSSR count). The van der Waals surface area contributed by atoms with Crippen LogP contribution in [-0.2, 0) is 19.3 Å². The third-order valence-corrected chi connectivity index (χ3v) is 5.84. The molecular formula is C29H24O6. The summed E-state index contributed by atoms with van der Waals surface area (Å²) < 4.78 is 0. The third kappa shape index (κ3) is 5.50. The van der Waals surface area contributed by atoms with Crippen LogP contribution in [0.15, 0.2) is 84.9 Å². The van der Waals surface area contributed by atoms with Crippen LogP contribution in [0.1, 0.15) is 54.1 Å². The Balaban J connectivity index is 1.74. The standard InChI is InChI=1S/C29H24O6/c30-26-22(12-18-7-3-1-4-8-18)14-20(16-24(26)28(32)33)11-21-15-23(13-19-9-5-2-6-10-19)27(31)25(17-21)29(34)35/h1-10,14-17,30-31H,11-13H2,(H,32,33)(H,34,35). The average molecular weight is 469 g/mol. The Morgan fingerprint density at radius 1 is 0.514 bits per heavy atom. The van der Waals surface area contributed by atoms with Gasteiger partial charge in [0.1, 0.15) is 22.6 Å². The van der Waals surface area contributed by atoms with Gasteiger partial charge in [0.05, 0.1) is 0 Å². The molecule has 6 nitrogen and oxygen atoms in total. The molecule has 4 N–H and O–H groups in total. The van der Waals surface area contributed by atoms with Gasteiger partial charge in [0, 0.05) is 12.8 Å². The first kappa shape index (κ1) is 23.6. The topological polar surface area (TPSA) is 115 Å². The van der Waals surface area contributed by atoms with Gasteiger partial charge in [-0.3, -0.25) is 0 Å². The second-order valence-corrected chi connectivity index (χ2v) is 8.41. The summed E-state index contributed by atoms with van der Waals surface area (Å²) in [7, 11) is 0. The van der Waals surface area contributed by atoms with Crippen molar-refractivity contribution in [2.45, 2.75) is 19.3 Å². The molecule has 0 aliphatic carbocycles. The Kier molecular flexibility index (Phi) is 6.83. The summed E-state index contributed by atoms with van der Waals surface area (Å²) >= 11 is 0. The van der Waals surface area contributed by atoms with E-state index in [0.29, 0.717) is 35.1 Å². The van der Waals surface area contributed by atoms with E-state index in [1.54, 1.807) is 12.1 Å². The Morgan fingerprint density at radius 2 is 0.886 bits per heavy atom. The van der Waals surface area contributed by atoms with Gasteiger partial charge >= 0.3 is 11.9 Å². The summed E-state index contributed by atoms with van der Waals surface area (Å²) in [6.45, 7) is 0. The maximum absolute atomic E-state index is 11.8. The zero-order valence-corrected chi connectivity index (χ0v) is 18.8. The lowest BCUT2D eigenvalue weighted by molar-refractivity contribution is 0.0682. The van der Waals surface area contributed by atoms with Crippen LogP contribution in [0.3, 0.4) is 0 Å². The molecule has 0 saturated carbocycles. The number of carboxylic acids is 2. The molecule has 0 fully saturated rings. The number of phenols is 2. The van der Waals surface area contributed by atoms with E-state index < -0.39 is 11.9 Å². The van der Waals surface area contributed by atoms with Crippen molar-refractivity contribution in [1.82, 2.24) is 0 Å². The van der Waals surface area contributed by atoms with E-state index in [1.807, 2.05) is 60.7 Å². The number of aromatic carboxylic acids is 2. The van der Waals surface area contributed by atoms with Crippen LogP contribution >= 0.6 is 0 Å². The molecule has 0 aromatic heterocycles. The summed E-state index contributed by atoms with van der Waals surface area (Å²) in [6.07, 6.45) is 0.913. The molecule has 0 amide bonds. The zero-order valence-electron chi connectivity index (χ0n) is 18.8. The van der Waals surface area contributed by atoms with Crippen molar-refractivity contribution in [1.29, 1.82) is 0 Å². The van der Waals surface area contributed by atoms with E-state index in [4.69, 9.17) is 0 Å². The van der Waals surface area contributed by atoms with Gasteiger partial charge in [-0.05, 0) is 51.9 Å². The predicted octanol–water partition coefficient (Wildman–Crippen LogP) is 5.27. The van der Waals surface area contributed by atoms with Crippen molar-refractivity contribution in [3.63, 3.8) is 0 Å². The molecule has 4 aromatic rings. The molecule has 0 aliphatic rings. The van der Waals surface area contributed by atoms with Crippen LogP contribution < -0.4 is 0 Å². The minimum absolute atomic E-state index is 0.213. The van der Waals surface area contributed by atoms with Crippen molar-refractivity contribution < 1.29 is 30.0 Å². The van der Waals surface area contributed by atoms with Crippen molar-refractivity contribution >= 4 is 11.9 Å². The Morgan fingerprint density at radius 3 is 1.23 bits per heavy atom. The van der Waals surface area contributed by atoms with Crippen molar-refractivity contribution in [2.75, 3.05) is 0 Å². The summed E-state index contributed by atoms with van der Waals surface area (Å²) in [5, 5.41) is 40.4. The summed E-state index contributed by atoms with van der Waals surface area (Å²) in [5.74, 6) is -3.07. The maximum atomic E-state index is 11.8. The van der Waals surface area contributed by atoms with Crippen molar-refractivity contribution in [2.24, 2.45) is 0 Å². The number of hydrogen-bond acceptors (Lipinski definition) is 4. The highest BCUT2D eigenvalue weighted by atomic mass is 16.4. The van der Waals surface area contributed by atoms with Gasteiger partial charge in [-0.25, -0.2) is 9.59 Å². The number of carboxylic acid groups (broad SMARTS) is 2. The highest BCUT2D eigenvalue weighted by Gasteiger charge is 2.19. The smallest absolute Gasteiger partial charge is 0.339 e. The lowest BCUT2D eigenvalue weighted by Crippen LogP contribution is -2.05. The first-order valence-electron chi connectivity index (χ1n) is 11.1. The number of benzene rings is 4. The highest BCUT2D eigenvalue weighted by molar-refractivity contribution is 5.92. The van der Waals surface area contributed by atoms with Crippen molar-refractivity contribution in [3.05, 3.63) is 129 Å². The Hall–Kier alpha value is -4.58. The summed E-state index contributed by atoms with van der Waals surface area (Å²) in [5.41, 5.74) is 3.56. The minimum atomic E-state index is -1.25. The molecule has 0 bridgehead atoms. The highest BCUT2D eigenvalue weighted by Crippen LogP contribution is 2.31. The predicted molar refractivity (Wildman–Crippen MR) is 131 cm³/mol. The zero-order chi connectivity index (χ0) is 24.9. The van der Waals surface area contributed by atoms with E-state index in [0.717, 1.165) is 11.1 Å². The van der Waals surface area contributed by atoms with Crippen LogP contribution in [0.5, 0.6) is 11.5 Å². The van der Waals surface area contributed by atoms with E-state index in [2.05, 4.69) is 0 Å². The minimum Gasteiger partial charge on any atom is -0.507 e. The second kappa shape index (κ2) is 10.1. The molecular weight excluding hydrogens is 444 g/mol. The molecule has 0 atom stereocenters. The van der Waals surface area contributed by atoms with Crippen LogP contribution in [0.4, 0.5) is 0 Å². The van der Waals surface area contributed by atoms with Gasteiger partial charge in [0.15, 0.2) is 0 Å². The molecule has 0 saturated heterocycles. The van der Waals surface area contributed by atoms with Gasteiger partial charge in [-0.15, -0.1) is 0 Å². The Bertz CT molecular complexity index is 1270. The summed E-state index contributed by atoms with van der Waals surface area (Å²) in [4.78, 5) is 23.6. The molecule has 6 heteroatoms. The molecule has 176 valence electrons. The molecule has 0 unspecified atom stereocenters. The SMILES string of the molecule is O=C(O)c1cc(Cc2cc(Cc3ccccc3)c(O)c(C(=O)O)c2)cc(Cc2ccccc2)c1O. The van der Waals surface area contributed by atoms with Gasteiger partial charge in [0.25, 0.3) is 0 Å². The summed E-state index contributed by atoms with van der Waals surface area (Å²) in [6, 6.07) is 25.1. The van der Waals surface area contributed by atoms with Crippen LogP contribution in [0.2, 0.25) is 0 Å². The number of hydrogen-bond donors (Lipinski definition) is 4. The van der Waals surface area contributed by atoms with Gasteiger partial charge in [0.2, 0.25) is 0 Å². The molecule has 4 aromatic carbocycles. The molecule has 0 spiro atoms. The molecule has 0 radical (unpaired) electrons. The van der Waals surface area contributed by atoms with Crippen LogP contribution in [0, 0.1) is 0 Å². The van der Waals surface area contributed by atoms with Crippen LogP contribution in [-0.4, -0.2) is 32.4 Å². The lowest BCUT2D eigenvalue weighted by atomic mass is 9.92. The van der Waals surface area contributed by atoms with Gasteiger partial charge < -0.3 is 20.4 Å². The van der Waals surface area contributed by atoms with Crippen molar-refractivity contribution in [3.8, 4) is 11.5 Å². The van der Waals surface area contributed by atoms with Gasteiger partial charge in [-0.2, -0.15) is 0 Å². The quantitative estimate of drug-likeness (QED) is 0.280. The van der Waals surface area contributed by atoms with E-state index in [1.165, 1.54) is 12.1 Å². The van der Waals surface area contributed by atoms with E-state index >= 15 is 0 Å². The van der Waals surface area contributed by atoms with E-state index in [9.17, 15) is 30.0 Å². The Labute approximate surface area is 202 Å². The molecule has 0 aliphatic heterocycles. The normalized spacial score (nSPS) is 10.7. The number of aromatic hydroxyl groups is 2.